The molecule has 8 heteroatoms. The lowest BCUT2D eigenvalue weighted by atomic mass is 10.0. The SMILES string of the molecule is O=c1cccnn1CCN1CCCCC1CNc1ncnc2ccsc12. The van der Waals surface area contributed by atoms with Crippen molar-refractivity contribution in [1.29, 1.82) is 0 Å². The smallest absolute Gasteiger partial charge is 0.266 e. The van der Waals surface area contributed by atoms with Crippen molar-refractivity contribution >= 4 is 27.4 Å². The second-order valence-electron chi connectivity index (χ2n) is 6.51. The first-order valence-electron chi connectivity index (χ1n) is 8.99. The third-order valence-corrected chi connectivity index (χ3v) is 5.79. The van der Waals surface area contributed by atoms with Crippen molar-refractivity contribution in [1.82, 2.24) is 24.6 Å². The van der Waals surface area contributed by atoms with Gasteiger partial charge >= 0.3 is 0 Å². The second kappa shape index (κ2) is 7.92. The highest BCUT2D eigenvalue weighted by Gasteiger charge is 2.22. The van der Waals surface area contributed by atoms with Crippen molar-refractivity contribution < 1.29 is 0 Å². The first-order valence-corrected chi connectivity index (χ1v) is 9.87. The van der Waals surface area contributed by atoms with Crippen LogP contribution < -0.4 is 10.9 Å². The van der Waals surface area contributed by atoms with E-state index in [4.69, 9.17) is 0 Å². The zero-order valence-corrected chi connectivity index (χ0v) is 15.4. The van der Waals surface area contributed by atoms with Gasteiger partial charge in [0.15, 0.2) is 0 Å². The topological polar surface area (TPSA) is 75.9 Å². The van der Waals surface area contributed by atoms with Crippen LogP contribution in [-0.4, -0.2) is 50.3 Å². The Labute approximate surface area is 155 Å². The number of rotatable bonds is 6. The summed E-state index contributed by atoms with van der Waals surface area (Å²) in [6.45, 7) is 3.37. The fourth-order valence-corrected chi connectivity index (χ4v) is 4.30. The maximum absolute atomic E-state index is 11.8. The number of nitrogens with one attached hydrogen (secondary N) is 1. The Kier molecular flexibility index (Phi) is 5.21. The number of aromatic nitrogens is 4. The zero-order chi connectivity index (χ0) is 17.8. The summed E-state index contributed by atoms with van der Waals surface area (Å²) in [7, 11) is 0. The standard InChI is InChI=1S/C18H22N6OS/c25-16-5-3-7-22-24(16)10-9-23-8-2-1-4-14(23)12-19-18-17-15(6-11-26-17)20-13-21-18/h3,5-7,11,13-14H,1-2,4,8-10,12H2,(H,19,20,21). The van der Waals surface area contributed by atoms with Crippen LogP contribution in [0.5, 0.6) is 0 Å². The van der Waals surface area contributed by atoms with Crippen molar-refractivity contribution in [3.05, 3.63) is 46.5 Å². The van der Waals surface area contributed by atoms with E-state index < -0.39 is 0 Å². The van der Waals surface area contributed by atoms with Gasteiger partial charge in [0, 0.05) is 31.4 Å². The van der Waals surface area contributed by atoms with E-state index in [2.05, 4.69) is 25.3 Å². The largest absolute Gasteiger partial charge is 0.367 e. The Bertz CT molecular complexity index is 923. The molecule has 3 aromatic rings. The minimum atomic E-state index is -0.0414. The molecule has 1 atom stereocenters. The molecule has 4 rings (SSSR count). The molecule has 1 aliphatic rings. The van der Waals surface area contributed by atoms with Gasteiger partial charge in [-0.3, -0.25) is 9.69 Å². The maximum Gasteiger partial charge on any atom is 0.266 e. The van der Waals surface area contributed by atoms with Crippen LogP contribution in [0.1, 0.15) is 19.3 Å². The Balaban J connectivity index is 1.40. The van der Waals surface area contributed by atoms with Crippen molar-refractivity contribution in [3.63, 3.8) is 0 Å². The van der Waals surface area contributed by atoms with E-state index >= 15 is 0 Å². The molecule has 0 aromatic carbocycles. The van der Waals surface area contributed by atoms with Gasteiger partial charge in [-0.1, -0.05) is 6.42 Å². The molecule has 4 heterocycles. The lowest BCUT2D eigenvalue weighted by molar-refractivity contribution is 0.148. The third kappa shape index (κ3) is 3.76. The van der Waals surface area contributed by atoms with Crippen molar-refractivity contribution in [2.45, 2.75) is 31.8 Å². The van der Waals surface area contributed by atoms with E-state index in [0.29, 0.717) is 12.6 Å². The van der Waals surface area contributed by atoms with E-state index in [9.17, 15) is 4.79 Å². The summed E-state index contributed by atoms with van der Waals surface area (Å²) in [5, 5.41) is 9.72. The number of likely N-dealkylation sites (tertiary alicyclic amines) is 1. The highest BCUT2D eigenvalue weighted by molar-refractivity contribution is 7.17. The molecule has 26 heavy (non-hydrogen) atoms. The van der Waals surface area contributed by atoms with E-state index in [1.807, 2.05) is 11.4 Å². The fraction of sp³-hybridized carbons (Fsp3) is 0.444. The number of hydrogen-bond acceptors (Lipinski definition) is 7. The Morgan fingerprint density at radius 2 is 2.19 bits per heavy atom. The minimum Gasteiger partial charge on any atom is -0.367 e. The predicted molar refractivity (Wildman–Crippen MR) is 104 cm³/mol. The van der Waals surface area contributed by atoms with Crippen LogP contribution in [0.15, 0.2) is 40.9 Å². The van der Waals surface area contributed by atoms with E-state index in [1.54, 1.807) is 40.7 Å². The summed E-state index contributed by atoms with van der Waals surface area (Å²) < 4.78 is 2.65. The Morgan fingerprint density at radius 1 is 1.23 bits per heavy atom. The van der Waals surface area contributed by atoms with Gasteiger partial charge in [0.2, 0.25) is 0 Å². The maximum atomic E-state index is 11.8. The summed E-state index contributed by atoms with van der Waals surface area (Å²) >= 11 is 1.66. The van der Waals surface area contributed by atoms with Gasteiger partial charge < -0.3 is 5.32 Å². The molecule has 0 saturated carbocycles. The quantitative estimate of drug-likeness (QED) is 0.717. The molecular weight excluding hydrogens is 348 g/mol. The molecule has 7 nitrogen and oxygen atoms in total. The van der Waals surface area contributed by atoms with Gasteiger partial charge in [-0.15, -0.1) is 11.3 Å². The van der Waals surface area contributed by atoms with Crippen LogP contribution in [0.2, 0.25) is 0 Å². The number of thiophene rings is 1. The lowest BCUT2D eigenvalue weighted by Crippen LogP contribution is -2.45. The van der Waals surface area contributed by atoms with Crippen LogP contribution >= 0.6 is 11.3 Å². The number of nitrogens with zero attached hydrogens (tertiary/aromatic N) is 5. The summed E-state index contributed by atoms with van der Waals surface area (Å²) in [4.78, 5) is 23.0. The number of hydrogen-bond donors (Lipinski definition) is 1. The average Bonchev–Trinajstić information content (AvgIpc) is 3.16. The molecular formula is C18H22N6OS. The van der Waals surface area contributed by atoms with Crippen LogP contribution in [-0.2, 0) is 6.54 Å². The molecule has 1 N–H and O–H groups in total. The summed E-state index contributed by atoms with van der Waals surface area (Å²) in [6.07, 6.45) is 6.88. The van der Waals surface area contributed by atoms with Crippen LogP contribution in [0, 0.1) is 0 Å². The van der Waals surface area contributed by atoms with E-state index in [-0.39, 0.29) is 5.56 Å². The molecule has 1 fully saturated rings. The first kappa shape index (κ1) is 17.1. The first-order chi connectivity index (χ1) is 12.8. The molecule has 1 saturated heterocycles. The molecule has 0 spiro atoms. The van der Waals surface area contributed by atoms with Crippen LogP contribution in [0.25, 0.3) is 10.2 Å². The summed E-state index contributed by atoms with van der Waals surface area (Å²) in [5.74, 6) is 0.913. The molecule has 1 aliphatic heterocycles. The molecule has 136 valence electrons. The molecule has 1 unspecified atom stereocenters. The van der Waals surface area contributed by atoms with Crippen LogP contribution in [0.4, 0.5) is 5.82 Å². The average molecular weight is 370 g/mol. The Hall–Kier alpha value is -2.32. The van der Waals surface area contributed by atoms with Crippen LogP contribution in [0.3, 0.4) is 0 Å². The monoisotopic (exact) mass is 370 g/mol. The van der Waals surface area contributed by atoms with Gasteiger partial charge in [-0.25, -0.2) is 14.6 Å². The highest BCUT2D eigenvalue weighted by atomic mass is 32.1. The molecule has 3 aromatic heterocycles. The molecule has 0 amide bonds. The van der Waals surface area contributed by atoms with Gasteiger partial charge in [0.25, 0.3) is 5.56 Å². The van der Waals surface area contributed by atoms with E-state index in [0.717, 1.165) is 42.1 Å². The number of fused-ring (bicyclic) bond motifs is 1. The normalized spacial score (nSPS) is 18.2. The summed E-state index contributed by atoms with van der Waals surface area (Å²) in [6, 6.07) is 5.70. The molecule has 0 bridgehead atoms. The minimum absolute atomic E-state index is 0.0414. The van der Waals surface area contributed by atoms with Crippen molar-refractivity contribution in [3.8, 4) is 0 Å². The van der Waals surface area contributed by atoms with Gasteiger partial charge in [-0.05, 0) is 36.9 Å². The van der Waals surface area contributed by atoms with E-state index in [1.165, 1.54) is 12.8 Å². The van der Waals surface area contributed by atoms with Gasteiger partial charge in [0.05, 0.1) is 16.8 Å². The highest BCUT2D eigenvalue weighted by Crippen LogP contribution is 2.25. The van der Waals surface area contributed by atoms with Gasteiger partial charge in [-0.2, -0.15) is 5.10 Å². The van der Waals surface area contributed by atoms with Crippen molar-refractivity contribution in [2.75, 3.05) is 25.0 Å². The van der Waals surface area contributed by atoms with Crippen molar-refractivity contribution in [2.24, 2.45) is 0 Å². The zero-order valence-electron chi connectivity index (χ0n) is 14.5. The predicted octanol–water partition coefficient (Wildman–Crippen LogP) is 2.21. The Morgan fingerprint density at radius 3 is 3.12 bits per heavy atom. The summed E-state index contributed by atoms with van der Waals surface area (Å²) in [5.41, 5.74) is 0.947. The second-order valence-corrected chi connectivity index (χ2v) is 7.42. The number of piperidine rings is 1. The fourth-order valence-electron chi connectivity index (χ4n) is 3.49. The van der Waals surface area contributed by atoms with Gasteiger partial charge in [0.1, 0.15) is 12.1 Å². The number of anilines is 1. The third-order valence-electron chi connectivity index (χ3n) is 4.88. The molecule has 0 radical (unpaired) electrons. The lowest BCUT2D eigenvalue weighted by Gasteiger charge is -2.35. The molecule has 0 aliphatic carbocycles.